The van der Waals surface area contributed by atoms with E-state index in [4.69, 9.17) is 9.72 Å². The summed E-state index contributed by atoms with van der Waals surface area (Å²) in [7, 11) is 0. The molecule has 0 saturated carbocycles. The first-order valence-corrected chi connectivity index (χ1v) is 10.9. The Kier molecular flexibility index (Phi) is 6.49. The van der Waals surface area contributed by atoms with Crippen LogP contribution in [-0.2, 0) is 27.3 Å². The van der Waals surface area contributed by atoms with Crippen molar-refractivity contribution in [2.24, 2.45) is 5.10 Å². The molecule has 8 nitrogen and oxygen atoms in total. The number of amides is 1. The van der Waals surface area contributed by atoms with Crippen molar-refractivity contribution in [3.05, 3.63) is 60.4 Å². The summed E-state index contributed by atoms with van der Waals surface area (Å²) in [6.45, 7) is 5.34. The zero-order valence-electron chi connectivity index (χ0n) is 18.3. The van der Waals surface area contributed by atoms with Crippen LogP contribution in [0.2, 0.25) is 0 Å². The van der Waals surface area contributed by atoms with E-state index in [2.05, 4.69) is 28.0 Å². The van der Waals surface area contributed by atoms with Gasteiger partial charge >= 0.3 is 5.97 Å². The minimum atomic E-state index is -0.609. The number of hydrogen-bond donors (Lipinski definition) is 1. The van der Waals surface area contributed by atoms with Gasteiger partial charge in [0.1, 0.15) is 17.6 Å². The number of para-hydroxylation sites is 3. The number of carbonyl (C=O) groups excluding carboxylic acids is 2. The average molecular weight is 434 g/mol. The first-order chi connectivity index (χ1) is 15.6. The molecule has 32 heavy (non-hydrogen) atoms. The first kappa shape index (κ1) is 21.5. The first-order valence-electron chi connectivity index (χ1n) is 10.9. The van der Waals surface area contributed by atoms with Crippen molar-refractivity contribution in [2.75, 3.05) is 18.2 Å². The number of anilines is 1. The van der Waals surface area contributed by atoms with Crippen molar-refractivity contribution in [1.82, 2.24) is 14.9 Å². The van der Waals surface area contributed by atoms with Crippen LogP contribution in [0.3, 0.4) is 0 Å². The van der Waals surface area contributed by atoms with Gasteiger partial charge in [0.15, 0.2) is 0 Å². The van der Waals surface area contributed by atoms with Gasteiger partial charge in [-0.15, -0.1) is 0 Å². The lowest BCUT2D eigenvalue weighted by Gasteiger charge is -2.22. The average Bonchev–Trinajstić information content (AvgIpc) is 3.41. The molecular formula is C24H27N5O3. The van der Waals surface area contributed by atoms with Gasteiger partial charge in [-0.25, -0.2) is 9.78 Å². The second-order valence-corrected chi connectivity index (χ2v) is 7.47. The number of rotatable bonds is 8. The molecule has 0 saturated heterocycles. The van der Waals surface area contributed by atoms with Gasteiger partial charge in [-0.3, -0.25) is 9.80 Å². The molecule has 1 aliphatic rings. The van der Waals surface area contributed by atoms with Crippen LogP contribution in [0, 0.1) is 0 Å². The molecule has 0 spiro atoms. The van der Waals surface area contributed by atoms with Gasteiger partial charge in [-0.1, -0.05) is 30.3 Å². The molecule has 1 amide bonds. The highest BCUT2D eigenvalue weighted by molar-refractivity contribution is 6.38. The highest BCUT2D eigenvalue weighted by Crippen LogP contribution is 2.25. The third-order valence-electron chi connectivity index (χ3n) is 5.44. The highest BCUT2D eigenvalue weighted by atomic mass is 16.5. The number of nitrogens with one attached hydrogen (secondary N) is 1. The molecule has 2 heterocycles. The largest absolute Gasteiger partial charge is 0.461 e. The van der Waals surface area contributed by atoms with E-state index in [9.17, 15) is 9.59 Å². The summed E-state index contributed by atoms with van der Waals surface area (Å²) in [5.74, 6) is 0.264. The highest BCUT2D eigenvalue weighted by Gasteiger charge is 2.36. The van der Waals surface area contributed by atoms with Gasteiger partial charge in [0.25, 0.3) is 0 Å². The van der Waals surface area contributed by atoms with Crippen LogP contribution in [0.15, 0.2) is 59.7 Å². The molecule has 8 heteroatoms. The van der Waals surface area contributed by atoms with Gasteiger partial charge in [-0.2, -0.15) is 5.10 Å². The molecule has 1 N–H and O–H groups in total. The SMILES string of the molecule is CCOC(=O)C1=NN(c2ccccc2)C(C(=O)NCCc2nc3ccccc3n2CC)C1. The normalized spacial score (nSPS) is 15.6. The second kappa shape index (κ2) is 9.64. The van der Waals surface area contributed by atoms with Crippen LogP contribution in [-0.4, -0.2) is 46.3 Å². The van der Waals surface area contributed by atoms with Crippen molar-refractivity contribution in [1.29, 1.82) is 0 Å². The summed E-state index contributed by atoms with van der Waals surface area (Å²) >= 11 is 0. The molecule has 3 aromatic rings. The fourth-order valence-electron chi connectivity index (χ4n) is 3.96. The van der Waals surface area contributed by atoms with E-state index in [0.29, 0.717) is 13.0 Å². The molecule has 0 aliphatic carbocycles. The summed E-state index contributed by atoms with van der Waals surface area (Å²) in [6, 6.07) is 16.8. The number of nitrogens with zero attached hydrogens (tertiary/aromatic N) is 4. The van der Waals surface area contributed by atoms with Crippen LogP contribution >= 0.6 is 0 Å². The van der Waals surface area contributed by atoms with Crippen molar-refractivity contribution in [3.8, 4) is 0 Å². The standard InChI is InChI=1S/C24H27N5O3/c1-3-28-20-13-9-8-12-18(20)26-22(28)14-15-25-23(30)21-16-19(24(31)32-4-2)27-29(21)17-10-6-5-7-11-17/h5-13,21H,3-4,14-16H2,1-2H3,(H,25,30). The Hall–Kier alpha value is -3.68. The number of fused-ring (bicyclic) bond motifs is 1. The molecule has 1 aliphatic heterocycles. The second-order valence-electron chi connectivity index (χ2n) is 7.47. The van der Waals surface area contributed by atoms with Gasteiger partial charge in [0, 0.05) is 25.9 Å². The number of ether oxygens (including phenoxy) is 1. The summed E-state index contributed by atoms with van der Waals surface area (Å²) < 4.78 is 7.25. The van der Waals surface area contributed by atoms with E-state index < -0.39 is 12.0 Å². The monoisotopic (exact) mass is 433 g/mol. The fraction of sp³-hybridized carbons (Fsp3) is 0.333. The van der Waals surface area contributed by atoms with Gasteiger partial charge < -0.3 is 14.6 Å². The van der Waals surface area contributed by atoms with Crippen molar-refractivity contribution in [3.63, 3.8) is 0 Å². The van der Waals surface area contributed by atoms with Gasteiger partial charge in [0.05, 0.1) is 23.3 Å². The lowest BCUT2D eigenvalue weighted by Crippen LogP contribution is -2.43. The zero-order chi connectivity index (χ0) is 22.5. The number of esters is 1. The van der Waals surface area contributed by atoms with E-state index in [0.717, 1.165) is 29.1 Å². The fourth-order valence-corrected chi connectivity index (χ4v) is 3.96. The molecule has 0 radical (unpaired) electrons. The molecule has 0 fully saturated rings. The Morgan fingerprint density at radius 2 is 1.84 bits per heavy atom. The predicted molar refractivity (Wildman–Crippen MR) is 124 cm³/mol. The number of hydrazone groups is 1. The Bertz CT molecular complexity index is 1140. The number of aryl methyl sites for hydroxylation is 1. The van der Waals surface area contributed by atoms with Crippen LogP contribution in [0.1, 0.15) is 26.1 Å². The van der Waals surface area contributed by atoms with Crippen molar-refractivity contribution >= 4 is 34.3 Å². The third-order valence-corrected chi connectivity index (χ3v) is 5.44. The predicted octanol–water partition coefficient (Wildman–Crippen LogP) is 2.91. The quantitative estimate of drug-likeness (QED) is 0.552. The van der Waals surface area contributed by atoms with E-state index in [-0.39, 0.29) is 24.6 Å². The van der Waals surface area contributed by atoms with E-state index in [1.807, 2.05) is 48.5 Å². The number of imidazole rings is 1. The zero-order valence-corrected chi connectivity index (χ0v) is 18.3. The molecule has 1 aromatic heterocycles. The Labute approximate surface area is 186 Å². The van der Waals surface area contributed by atoms with Crippen LogP contribution < -0.4 is 10.3 Å². The number of benzene rings is 2. The minimum absolute atomic E-state index is 0.184. The minimum Gasteiger partial charge on any atom is -0.461 e. The molecule has 1 unspecified atom stereocenters. The molecule has 1 atom stereocenters. The summed E-state index contributed by atoms with van der Waals surface area (Å²) in [5.41, 5.74) is 3.05. The number of aromatic nitrogens is 2. The van der Waals surface area contributed by atoms with E-state index >= 15 is 0 Å². The number of hydrogen-bond acceptors (Lipinski definition) is 6. The third kappa shape index (κ3) is 4.34. The molecule has 166 valence electrons. The van der Waals surface area contributed by atoms with E-state index in [1.165, 1.54) is 0 Å². The summed E-state index contributed by atoms with van der Waals surface area (Å²) in [6.07, 6.45) is 0.810. The molecule has 4 rings (SSSR count). The van der Waals surface area contributed by atoms with Crippen LogP contribution in [0.25, 0.3) is 11.0 Å². The van der Waals surface area contributed by atoms with Crippen LogP contribution in [0.5, 0.6) is 0 Å². The molecule has 2 aromatic carbocycles. The maximum Gasteiger partial charge on any atom is 0.354 e. The van der Waals surface area contributed by atoms with Gasteiger partial charge in [-0.05, 0) is 38.1 Å². The van der Waals surface area contributed by atoms with Crippen molar-refractivity contribution in [2.45, 2.75) is 39.3 Å². The Morgan fingerprint density at radius 1 is 1.09 bits per heavy atom. The topological polar surface area (TPSA) is 88.8 Å². The van der Waals surface area contributed by atoms with E-state index in [1.54, 1.807) is 11.9 Å². The maximum atomic E-state index is 13.1. The lowest BCUT2D eigenvalue weighted by molar-refractivity contribution is -0.135. The summed E-state index contributed by atoms with van der Waals surface area (Å²) in [5, 5.41) is 9.00. The van der Waals surface area contributed by atoms with Crippen molar-refractivity contribution < 1.29 is 14.3 Å². The van der Waals surface area contributed by atoms with Gasteiger partial charge in [0.2, 0.25) is 5.91 Å². The molecule has 0 bridgehead atoms. The maximum absolute atomic E-state index is 13.1. The number of carbonyl (C=O) groups is 2. The Morgan fingerprint density at radius 3 is 2.59 bits per heavy atom. The lowest BCUT2D eigenvalue weighted by atomic mass is 10.1. The molecular weight excluding hydrogens is 406 g/mol. The van der Waals surface area contributed by atoms with Crippen LogP contribution in [0.4, 0.5) is 5.69 Å². The summed E-state index contributed by atoms with van der Waals surface area (Å²) in [4.78, 5) is 30.0. The Balaban J connectivity index is 1.45. The smallest absolute Gasteiger partial charge is 0.354 e.